The van der Waals surface area contributed by atoms with Crippen molar-refractivity contribution in [3.05, 3.63) is 53.6 Å². The van der Waals surface area contributed by atoms with Gasteiger partial charge in [-0.3, -0.25) is 4.90 Å². The average molecular weight is 324 g/mol. The summed E-state index contributed by atoms with van der Waals surface area (Å²) in [6, 6.07) is 10.3. The molecule has 0 unspecified atom stereocenters. The molecule has 1 aromatic carbocycles. The topological polar surface area (TPSA) is 3.24 Å². The Bertz CT molecular complexity index is 608. The first-order valence-corrected chi connectivity index (χ1v) is 9.81. The van der Waals surface area contributed by atoms with Crippen molar-refractivity contribution in [3.8, 4) is 0 Å². The smallest absolute Gasteiger partial charge is 0.0362 e. The van der Waals surface area contributed by atoms with Gasteiger partial charge in [0, 0.05) is 12.1 Å². The summed E-state index contributed by atoms with van der Waals surface area (Å²) >= 11 is 0. The summed E-state index contributed by atoms with van der Waals surface area (Å²) in [5.41, 5.74) is 4.59. The van der Waals surface area contributed by atoms with Gasteiger partial charge in [-0.25, -0.2) is 0 Å². The molecule has 1 saturated heterocycles. The molecule has 1 heteroatoms. The number of benzene rings is 1. The zero-order valence-corrected chi connectivity index (χ0v) is 15.8. The molecule has 0 saturated carbocycles. The van der Waals surface area contributed by atoms with Gasteiger partial charge in [0.25, 0.3) is 0 Å². The van der Waals surface area contributed by atoms with Crippen LogP contribution >= 0.6 is 0 Å². The van der Waals surface area contributed by atoms with Crippen molar-refractivity contribution in [2.24, 2.45) is 11.8 Å². The lowest BCUT2D eigenvalue weighted by Gasteiger charge is -2.48. The van der Waals surface area contributed by atoms with Crippen LogP contribution in [0, 0.1) is 11.8 Å². The standard InChI is InChI=1S/C23H33N/c1-17(2)10-9-13-21-19-11-5-6-12-20(19)22-14-7-8-15-24(22)23(21)16-18(3)4/h5-6,9-13,17-18,22-23H,7-8,14-16H2,1-4H3/b10-9+,21-13-/t22-,23-/m0/s1. The molecule has 2 aliphatic heterocycles. The Morgan fingerprint density at radius 1 is 1.12 bits per heavy atom. The van der Waals surface area contributed by atoms with Crippen molar-refractivity contribution in [1.29, 1.82) is 0 Å². The fraction of sp³-hybridized carbons (Fsp3) is 0.565. The monoisotopic (exact) mass is 323 g/mol. The van der Waals surface area contributed by atoms with Gasteiger partial charge in [0.1, 0.15) is 0 Å². The van der Waals surface area contributed by atoms with Crippen LogP contribution in [0.5, 0.6) is 0 Å². The molecule has 0 spiro atoms. The van der Waals surface area contributed by atoms with E-state index in [2.05, 4.69) is 75.1 Å². The van der Waals surface area contributed by atoms with Crippen molar-refractivity contribution in [1.82, 2.24) is 4.90 Å². The van der Waals surface area contributed by atoms with Crippen molar-refractivity contribution in [2.75, 3.05) is 6.54 Å². The van der Waals surface area contributed by atoms with E-state index in [1.165, 1.54) is 43.4 Å². The summed E-state index contributed by atoms with van der Waals surface area (Å²) in [5.74, 6) is 1.33. The van der Waals surface area contributed by atoms with Gasteiger partial charge in [-0.05, 0) is 54.3 Å². The van der Waals surface area contributed by atoms with Crippen LogP contribution in [0.3, 0.4) is 0 Å². The Labute approximate surface area is 148 Å². The van der Waals surface area contributed by atoms with E-state index in [0.29, 0.717) is 18.0 Å². The second kappa shape index (κ2) is 7.70. The quantitative estimate of drug-likeness (QED) is 0.634. The number of hydrogen-bond donors (Lipinski definition) is 0. The van der Waals surface area contributed by atoms with Crippen LogP contribution in [0.4, 0.5) is 0 Å². The second-order valence-electron chi connectivity index (χ2n) is 8.23. The van der Waals surface area contributed by atoms with Crippen molar-refractivity contribution in [3.63, 3.8) is 0 Å². The maximum Gasteiger partial charge on any atom is 0.0362 e. The lowest BCUT2D eigenvalue weighted by molar-refractivity contribution is 0.103. The number of fused-ring (bicyclic) bond motifs is 3. The summed E-state index contributed by atoms with van der Waals surface area (Å²) in [6.45, 7) is 10.5. The van der Waals surface area contributed by atoms with Gasteiger partial charge in [-0.1, -0.05) is 76.6 Å². The van der Waals surface area contributed by atoms with Gasteiger partial charge < -0.3 is 0 Å². The molecule has 3 rings (SSSR count). The van der Waals surface area contributed by atoms with Crippen molar-refractivity contribution in [2.45, 2.75) is 65.5 Å². The van der Waals surface area contributed by atoms with E-state index in [4.69, 9.17) is 0 Å². The lowest BCUT2D eigenvalue weighted by atomic mass is 9.78. The molecule has 2 heterocycles. The first-order valence-electron chi connectivity index (χ1n) is 9.81. The van der Waals surface area contributed by atoms with E-state index < -0.39 is 0 Å². The first-order chi connectivity index (χ1) is 11.6. The predicted molar refractivity (Wildman–Crippen MR) is 105 cm³/mol. The van der Waals surface area contributed by atoms with Crippen LogP contribution in [-0.4, -0.2) is 17.5 Å². The first kappa shape index (κ1) is 17.5. The number of nitrogens with zero attached hydrogens (tertiary/aromatic N) is 1. The fourth-order valence-electron chi connectivity index (χ4n) is 4.36. The summed E-state index contributed by atoms with van der Waals surface area (Å²) < 4.78 is 0. The molecule has 1 fully saturated rings. The van der Waals surface area contributed by atoms with E-state index in [-0.39, 0.29) is 0 Å². The SMILES string of the molecule is CC(C)/C=C/C=C1/c2ccccc2[C@@H]2CCCCN2[C@H]1CC(C)C. The van der Waals surface area contributed by atoms with Crippen LogP contribution in [0.25, 0.3) is 5.57 Å². The maximum atomic E-state index is 2.81. The van der Waals surface area contributed by atoms with Gasteiger partial charge in [0.05, 0.1) is 0 Å². The lowest BCUT2D eigenvalue weighted by Crippen LogP contribution is -2.46. The Hall–Kier alpha value is -1.34. The highest BCUT2D eigenvalue weighted by molar-refractivity contribution is 5.75. The molecule has 0 bridgehead atoms. The number of hydrogen-bond acceptors (Lipinski definition) is 1. The Kier molecular flexibility index (Phi) is 5.61. The van der Waals surface area contributed by atoms with Crippen molar-refractivity contribution >= 4 is 5.57 Å². The predicted octanol–water partition coefficient (Wildman–Crippen LogP) is 6.24. The molecule has 0 amide bonds. The summed E-state index contributed by atoms with van der Waals surface area (Å²) in [5, 5.41) is 0. The number of rotatable bonds is 4. The average Bonchev–Trinajstić information content (AvgIpc) is 2.56. The number of piperidine rings is 1. The van der Waals surface area contributed by atoms with Crippen LogP contribution in [-0.2, 0) is 0 Å². The minimum Gasteiger partial charge on any atom is -0.289 e. The Morgan fingerprint density at radius 2 is 1.92 bits per heavy atom. The zero-order chi connectivity index (χ0) is 17.1. The Morgan fingerprint density at radius 3 is 2.67 bits per heavy atom. The molecule has 0 N–H and O–H groups in total. The van der Waals surface area contributed by atoms with E-state index in [9.17, 15) is 0 Å². The van der Waals surface area contributed by atoms with Gasteiger partial charge in [-0.15, -0.1) is 0 Å². The third-order valence-corrected chi connectivity index (χ3v) is 5.40. The van der Waals surface area contributed by atoms with Gasteiger partial charge in [0.15, 0.2) is 0 Å². The highest BCUT2D eigenvalue weighted by atomic mass is 15.2. The molecular weight excluding hydrogens is 290 g/mol. The minimum absolute atomic E-state index is 0.571. The second-order valence-corrected chi connectivity index (χ2v) is 8.23. The summed E-state index contributed by atoms with van der Waals surface area (Å²) in [7, 11) is 0. The molecule has 24 heavy (non-hydrogen) atoms. The third-order valence-electron chi connectivity index (χ3n) is 5.40. The van der Waals surface area contributed by atoms with Gasteiger partial charge in [0.2, 0.25) is 0 Å². The molecule has 0 aliphatic carbocycles. The van der Waals surface area contributed by atoms with E-state index in [1.54, 1.807) is 5.56 Å². The summed E-state index contributed by atoms with van der Waals surface area (Å²) in [4.78, 5) is 2.81. The fourth-order valence-corrected chi connectivity index (χ4v) is 4.36. The van der Waals surface area contributed by atoms with E-state index >= 15 is 0 Å². The van der Waals surface area contributed by atoms with Crippen LogP contribution in [0.1, 0.15) is 70.5 Å². The molecule has 2 atom stereocenters. The Balaban J connectivity index is 2.06. The normalized spacial score (nSPS) is 26.3. The molecule has 0 radical (unpaired) electrons. The van der Waals surface area contributed by atoms with Crippen LogP contribution in [0.2, 0.25) is 0 Å². The largest absolute Gasteiger partial charge is 0.289 e. The summed E-state index contributed by atoms with van der Waals surface area (Å²) in [6.07, 6.45) is 12.3. The molecule has 2 aliphatic rings. The molecule has 1 aromatic rings. The molecule has 0 aromatic heterocycles. The van der Waals surface area contributed by atoms with Gasteiger partial charge in [-0.2, -0.15) is 0 Å². The third kappa shape index (κ3) is 3.67. The minimum atomic E-state index is 0.571. The van der Waals surface area contributed by atoms with Crippen LogP contribution in [0.15, 0.2) is 42.5 Å². The highest BCUT2D eigenvalue weighted by Gasteiger charge is 2.38. The zero-order valence-electron chi connectivity index (χ0n) is 15.8. The van der Waals surface area contributed by atoms with E-state index in [1.807, 2.05) is 0 Å². The van der Waals surface area contributed by atoms with Crippen molar-refractivity contribution < 1.29 is 0 Å². The van der Waals surface area contributed by atoms with Gasteiger partial charge >= 0.3 is 0 Å². The maximum absolute atomic E-state index is 2.81. The molecular formula is C23H33N. The van der Waals surface area contributed by atoms with Crippen LogP contribution < -0.4 is 0 Å². The van der Waals surface area contributed by atoms with E-state index in [0.717, 1.165) is 5.92 Å². The highest BCUT2D eigenvalue weighted by Crippen LogP contribution is 2.45. The number of allylic oxidation sites excluding steroid dienone is 3. The molecule has 130 valence electrons. The molecule has 1 nitrogen and oxygen atoms in total.